The Bertz CT molecular complexity index is 988. The third-order valence-corrected chi connectivity index (χ3v) is 6.25. The molecule has 1 aliphatic carbocycles. The minimum absolute atomic E-state index is 0.138. The van der Waals surface area contributed by atoms with Gasteiger partial charge in [-0.2, -0.15) is 13.2 Å². The lowest BCUT2D eigenvalue weighted by molar-refractivity contribution is -0.178. The highest BCUT2D eigenvalue weighted by atomic mass is 35.5. The van der Waals surface area contributed by atoms with E-state index in [0.29, 0.717) is 23.4 Å². The molecule has 0 heterocycles. The van der Waals surface area contributed by atoms with Gasteiger partial charge < -0.3 is 10.4 Å². The first-order chi connectivity index (χ1) is 14.4. The molecule has 2 N–H and O–H groups in total. The first kappa shape index (κ1) is 23.4. The van der Waals surface area contributed by atoms with Crippen molar-refractivity contribution in [3.05, 3.63) is 63.6 Å². The zero-order chi connectivity index (χ0) is 23.0. The minimum atomic E-state index is -4.60. The fraction of sp³-hybridized carbons (Fsp3) is 0.364. The lowest BCUT2D eigenvalue weighted by Gasteiger charge is -2.26. The number of amides is 1. The van der Waals surface area contributed by atoms with Gasteiger partial charge in [0.1, 0.15) is 0 Å². The maximum absolute atomic E-state index is 13.5. The molecule has 166 valence electrons. The van der Waals surface area contributed by atoms with Crippen molar-refractivity contribution in [2.24, 2.45) is 11.3 Å². The number of rotatable bonds is 7. The lowest BCUT2D eigenvalue weighted by Crippen LogP contribution is -2.34. The SMILES string of the molecule is C[C@H]([C@H](C(=O)Nc1cc(CC2(C(=O)O)CC2)ccc1Cl)c1ccc(Cl)cc1)C(F)(F)F. The van der Waals surface area contributed by atoms with E-state index in [0.717, 1.165) is 6.92 Å². The summed E-state index contributed by atoms with van der Waals surface area (Å²) in [5, 5.41) is 12.4. The van der Waals surface area contributed by atoms with Crippen LogP contribution in [0.15, 0.2) is 42.5 Å². The van der Waals surface area contributed by atoms with Crippen LogP contribution in [0, 0.1) is 11.3 Å². The molecule has 0 aliphatic heterocycles. The average Bonchev–Trinajstić information content (AvgIpc) is 3.46. The summed E-state index contributed by atoms with van der Waals surface area (Å²) < 4.78 is 40.5. The molecule has 0 spiro atoms. The second-order valence-corrected chi connectivity index (χ2v) is 8.77. The van der Waals surface area contributed by atoms with Gasteiger partial charge in [-0.3, -0.25) is 9.59 Å². The number of halogens is 5. The van der Waals surface area contributed by atoms with Gasteiger partial charge in [0.05, 0.1) is 28.0 Å². The molecule has 1 saturated carbocycles. The number of carbonyl (C=O) groups excluding carboxylic acids is 1. The second-order valence-electron chi connectivity index (χ2n) is 7.93. The molecular weight excluding hydrogens is 454 g/mol. The van der Waals surface area contributed by atoms with Crippen LogP contribution in [0.1, 0.15) is 36.8 Å². The Balaban J connectivity index is 1.88. The highest BCUT2D eigenvalue weighted by Crippen LogP contribution is 2.49. The van der Waals surface area contributed by atoms with Crippen LogP contribution < -0.4 is 5.32 Å². The van der Waals surface area contributed by atoms with Crippen molar-refractivity contribution in [2.75, 3.05) is 5.32 Å². The topological polar surface area (TPSA) is 66.4 Å². The molecule has 2 atom stereocenters. The first-order valence-electron chi connectivity index (χ1n) is 9.58. The molecule has 9 heteroatoms. The second kappa shape index (κ2) is 8.71. The molecule has 1 amide bonds. The Labute approximate surface area is 187 Å². The number of aliphatic carboxylic acids is 1. The summed E-state index contributed by atoms with van der Waals surface area (Å²) in [7, 11) is 0. The van der Waals surface area contributed by atoms with Gasteiger partial charge in [-0.15, -0.1) is 0 Å². The molecule has 1 aliphatic rings. The summed E-state index contributed by atoms with van der Waals surface area (Å²) in [6.45, 7) is 0.945. The Morgan fingerprint density at radius 3 is 2.26 bits per heavy atom. The molecule has 31 heavy (non-hydrogen) atoms. The Morgan fingerprint density at radius 1 is 1.13 bits per heavy atom. The average molecular weight is 474 g/mol. The van der Waals surface area contributed by atoms with Crippen LogP contribution in [0.25, 0.3) is 0 Å². The van der Waals surface area contributed by atoms with Crippen LogP contribution >= 0.6 is 23.2 Å². The number of anilines is 1. The highest BCUT2D eigenvalue weighted by Gasteiger charge is 2.50. The number of carboxylic acids is 1. The fourth-order valence-corrected chi connectivity index (χ4v) is 3.81. The van der Waals surface area contributed by atoms with Crippen LogP contribution in [0.3, 0.4) is 0 Å². The quantitative estimate of drug-likeness (QED) is 0.494. The number of nitrogens with one attached hydrogen (secondary N) is 1. The van der Waals surface area contributed by atoms with E-state index in [1.807, 2.05) is 0 Å². The number of carbonyl (C=O) groups is 2. The van der Waals surface area contributed by atoms with Crippen molar-refractivity contribution >= 4 is 40.8 Å². The van der Waals surface area contributed by atoms with Crippen LogP contribution in [0.5, 0.6) is 0 Å². The molecule has 4 nitrogen and oxygen atoms in total. The van der Waals surface area contributed by atoms with E-state index in [2.05, 4.69) is 5.32 Å². The molecule has 1 fully saturated rings. The zero-order valence-corrected chi connectivity index (χ0v) is 18.0. The maximum Gasteiger partial charge on any atom is 0.392 e. The van der Waals surface area contributed by atoms with Crippen molar-refractivity contribution in [1.29, 1.82) is 0 Å². The fourth-order valence-electron chi connectivity index (χ4n) is 3.52. The Morgan fingerprint density at radius 2 is 1.74 bits per heavy atom. The van der Waals surface area contributed by atoms with E-state index < -0.39 is 35.3 Å². The van der Waals surface area contributed by atoms with Crippen molar-refractivity contribution < 1.29 is 27.9 Å². The molecule has 0 radical (unpaired) electrons. The van der Waals surface area contributed by atoms with Crippen molar-refractivity contribution in [2.45, 2.75) is 38.3 Å². The van der Waals surface area contributed by atoms with Crippen LogP contribution in [-0.4, -0.2) is 23.2 Å². The van der Waals surface area contributed by atoms with Gasteiger partial charge in [-0.25, -0.2) is 0 Å². The van der Waals surface area contributed by atoms with Gasteiger partial charge in [0.25, 0.3) is 0 Å². The van der Waals surface area contributed by atoms with E-state index in [1.54, 1.807) is 6.07 Å². The largest absolute Gasteiger partial charge is 0.481 e. The predicted molar refractivity (Wildman–Crippen MR) is 113 cm³/mol. The summed E-state index contributed by atoms with van der Waals surface area (Å²) in [4.78, 5) is 24.4. The molecule has 2 aromatic rings. The monoisotopic (exact) mass is 473 g/mol. The van der Waals surface area contributed by atoms with E-state index in [4.69, 9.17) is 23.2 Å². The Hall–Kier alpha value is -2.25. The Kier molecular flexibility index (Phi) is 6.58. The zero-order valence-electron chi connectivity index (χ0n) is 16.5. The van der Waals surface area contributed by atoms with Crippen molar-refractivity contribution in [1.82, 2.24) is 0 Å². The smallest absolute Gasteiger partial charge is 0.392 e. The predicted octanol–water partition coefficient (Wildman–Crippen LogP) is 6.32. The van der Waals surface area contributed by atoms with Gasteiger partial charge in [0.15, 0.2) is 0 Å². The standard InChI is InChI=1S/C22H20Cl2F3NO3/c1-12(22(25,26)27)18(14-3-5-15(23)6-4-14)19(29)28-17-10-13(2-7-16(17)24)11-21(8-9-21)20(30)31/h2-7,10,12,18H,8-9,11H2,1H3,(H,28,29)(H,30,31)/t12-,18+/m1/s1. The molecule has 0 saturated heterocycles. The van der Waals surface area contributed by atoms with Crippen LogP contribution in [0.2, 0.25) is 10.0 Å². The van der Waals surface area contributed by atoms with E-state index >= 15 is 0 Å². The number of hydrogen-bond donors (Lipinski definition) is 2. The normalized spacial score (nSPS) is 17.0. The highest BCUT2D eigenvalue weighted by molar-refractivity contribution is 6.33. The van der Waals surface area contributed by atoms with Gasteiger partial charge in [-0.1, -0.05) is 48.3 Å². The van der Waals surface area contributed by atoms with Crippen molar-refractivity contribution in [3.8, 4) is 0 Å². The number of benzene rings is 2. The number of alkyl halides is 3. The number of carboxylic acid groups (broad SMARTS) is 1. The van der Waals surface area contributed by atoms with Crippen LogP contribution in [0.4, 0.5) is 18.9 Å². The summed E-state index contributed by atoms with van der Waals surface area (Å²) in [6.07, 6.45) is -3.25. The van der Waals surface area contributed by atoms with E-state index in [-0.39, 0.29) is 22.7 Å². The summed E-state index contributed by atoms with van der Waals surface area (Å²) >= 11 is 12.0. The number of hydrogen-bond acceptors (Lipinski definition) is 2. The first-order valence-corrected chi connectivity index (χ1v) is 10.3. The van der Waals surface area contributed by atoms with Gasteiger partial charge in [0, 0.05) is 5.02 Å². The minimum Gasteiger partial charge on any atom is -0.481 e. The van der Waals surface area contributed by atoms with Gasteiger partial charge in [-0.05, 0) is 54.7 Å². The van der Waals surface area contributed by atoms with E-state index in [1.165, 1.54) is 36.4 Å². The molecular formula is C22H20Cl2F3NO3. The van der Waals surface area contributed by atoms with E-state index in [9.17, 15) is 27.9 Å². The molecule has 3 rings (SSSR count). The third kappa shape index (κ3) is 5.33. The van der Waals surface area contributed by atoms with Gasteiger partial charge in [0.2, 0.25) is 5.91 Å². The van der Waals surface area contributed by atoms with Crippen LogP contribution in [-0.2, 0) is 16.0 Å². The summed E-state index contributed by atoms with van der Waals surface area (Å²) in [6, 6.07) is 10.3. The van der Waals surface area contributed by atoms with Crippen molar-refractivity contribution in [3.63, 3.8) is 0 Å². The molecule has 2 aromatic carbocycles. The molecule has 0 aromatic heterocycles. The summed E-state index contributed by atoms with van der Waals surface area (Å²) in [5.74, 6) is -5.25. The lowest BCUT2D eigenvalue weighted by atomic mass is 9.85. The third-order valence-electron chi connectivity index (χ3n) is 5.67. The molecule has 0 bridgehead atoms. The maximum atomic E-state index is 13.5. The molecule has 0 unspecified atom stereocenters. The summed E-state index contributed by atoms with van der Waals surface area (Å²) in [5.41, 5.74) is 0.109. The van der Waals surface area contributed by atoms with Gasteiger partial charge >= 0.3 is 12.1 Å².